The van der Waals surface area contributed by atoms with Crippen LogP contribution in [0.4, 0.5) is 0 Å². The van der Waals surface area contributed by atoms with Gasteiger partial charge in [-0.25, -0.2) is 0 Å². The van der Waals surface area contributed by atoms with Crippen molar-refractivity contribution in [2.24, 2.45) is 17.8 Å². The molecule has 0 bridgehead atoms. The maximum absolute atomic E-state index is 12.8. The summed E-state index contributed by atoms with van der Waals surface area (Å²) in [5, 5.41) is 20.3. The SMILES string of the molecule is O=C(CN1CCCC(C(=O)C2CCCCC2)C1)C1CCCC(N([O-])O)C1. The number of piperidine rings is 1. The molecule has 0 aromatic rings. The van der Waals surface area contributed by atoms with Crippen LogP contribution in [0.2, 0.25) is 0 Å². The zero-order chi connectivity index (χ0) is 18.5. The number of hydroxylamine groups is 2. The average molecular weight is 365 g/mol. The van der Waals surface area contributed by atoms with Crippen molar-refractivity contribution in [2.75, 3.05) is 19.6 Å². The van der Waals surface area contributed by atoms with E-state index in [1.165, 1.54) is 19.3 Å². The van der Waals surface area contributed by atoms with E-state index in [2.05, 4.69) is 4.90 Å². The molecule has 0 amide bonds. The third kappa shape index (κ3) is 5.12. The molecule has 3 aliphatic rings. The van der Waals surface area contributed by atoms with Crippen molar-refractivity contribution in [1.82, 2.24) is 10.1 Å². The molecule has 0 aromatic carbocycles. The minimum absolute atomic E-state index is 0.0270. The van der Waals surface area contributed by atoms with E-state index in [9.17, 15) is 14.8 Å². The molecule has 2 saturated carbocycles. The molecular weight excluding hydrogens is 332 g/mol. The van der Waals surface area contributed by atoms with Crippen LogP contribution in [0, 0.1) is 23.0 Å². The van der Waals surface area contributed by atoms with E-state index in [1.54, 1.807) is 0 Å². The first-order valence-electron chi connectivity index (χ1n) is 10.5. The lowest BCUT2D eigenvalue weighted by molar-refractivity contribution is -0.133. The van der Waals surface area contributed by atoms with Crippen LogP contribution in [0.25, 0.3) is 0 Å². The second-order valence-corrected chi connectivity index (χ2v) is 8.60. The standard InChI is InChI=1S/C20H33N2O4/c23-19(16-8-4-10-18(12-16)22(25)26)14-21-11-5-9-17(13-21)20(24)15-6-2-1-3-7-15/h15-18,25H,1-14H2/q-1. The minimum Gasteiger partial charge on any atom is -0.762 e. The Bertz CT molecular complexity index is 490. The van der Waals surface area contributed by atoms with Crippen LogP contribution >= 0.6 is 0 Å². The molecule has 148 valence electrons. The van der Waals surface area contributed by atoms with E-state index >= 15 is 0 Å². The lowest BCUT2D eigenvalue weighted by atomic mass is 9.79. The molecular formula is C20H33N2O4-. The Balaban J connectivity index is 1.49. The number of hydrogen-bond donors (Lipinski definition) is 1. The molecule has 1 aliphatic heterocycles. The number of rotatable bonds is 6. The summed E-state index contributed by atoms with van der Waals surface area (Å²) in [6, 6.07) is -0.445. The van der Waals surface area contributed by atoms with Crippen LogP contribution < -0.4 is 0 Å². The quantitative estimate of drug-likeness (QED) is 0.728. The molecule has 1 heterocycles. The average Bonchev–Trinajstić information content (AvgIpc) is 2.68. The number of carbonyl (C=O) groups is 2. The predicted octanol–water partition coefficient (Wildman–Crippen LogP) is 3.16. The minimum atomic E-state index is -0.445. The predicted molar refractivity (Wildman–Crippen MR) is 98.5 cm³/mol. The zero-order valence-corrected chi connectivity index (χ0v) is 15.8. The van der Waals surface area contributed by atoms with Crippen molar-refractivity contribution in [1.29, 1.82) is 0 Å². The topological polar surface area (TPSA) is 83.9 Å². The highest BCUT2D eigenvalue weighted by atomic mass is 16.8. The number of ketones is 2. The van der Waals surface area contributed by atoms with Gasteiger partial charge in [0.15, 0.2) is 0 Å². The molecule has 6 heteroatoms. The molecule has 3 atom stereocenters. The molecule has 3 fully saturated rings. The lowest BCUT2D eigenvalue weighted by Crippen LogP contribution is -2.45. The molecule has 0 radical (unpaired) electrons. The molecule has 1 N–H and O–H groups in total. The largest absolute Gasteiger partial charge is 0.762 e. The summed E-state index contributed by atoms with van der Waals surface area (Å²) < 4.78 is 0. The number of hydrogen-bond acceptors (Lipinski definition) is 6. The third-order valence-electron chi connectivity index (χ3n) is 6.71. The summed E-state index contributed by atoms with van der Waals surface area (Å²) in [5.41, 5.74) is 0. The summed E-state index contributed by atoms with van der Waals surface area (Å²) in [4.78, 5) is 27.7. The van der Waals surface area contributed by atoms with Gasteiger partial charge in [-0.2, -0.15) is 0 Å². The molecule has 1 saturated heterocycles. The van der Waals surface area contributed by atoms with E-state index in [1.807, 2.05) is 0 Å². The highest BCUT2D eigenvalue weighted by Gasteiger charge is 2.33. The Kier molecular flexibility index (Phi) is 7.20. The van der Waals surface area contributed by atoms with Gasteiger partial charge in [0.25, 0.3) is 0 Å². The fraction of sp³-hybridized carbons (Fsp3) is 0.900. The normalized spacial score (nSPS) is 31.9. The van der Waals surface area contributed by atoms with Gasteiger partial charge in [-0.1, -0.05) is 25.7 Å². The maximum atomic E-state index is 12.8. The maximum Gasteiger partial charge on any atom is 0.149 e. The van der Waals surface area contributed by atoms with E-state index in [0.29, 0.717) is 31.7 Å². The van der Waals surface area contributed by atoms with Crippen LogP contribution in [0.3, 0.4) is 0 Å². The summed E-state index contributed by atoms with van der Waals surface area (Å²) in [5.74, 6) is 0.806. The molecule has 0 spiro atoms. The highest BCUT2D eigenvalue weighted by Crippen LogP contribution is 2.31. The summed E-state index contributed by atoms with van der Waals surface area (Å²) >= 11 is 0. The molecule has 26 heavy (non-hydrogen) atoms. The van der Waals surface area contributed by atoms with Gasteiger partial charge in [0, 0.05) is 30.3 Å². The molecule has 3 unspecified atom stereocenters. The van der Waals surface area contributed by atoms with Crippen molar-refractivity contribution >= 4 is 11.6 Å². The van der Waals surface area contributed by atoms with E-state index < -0.39 is 6.04 Å². The van der Waals surface area contributed by atoms with E-state index in [4.69, 9.17) is 5.21 Å². The number of nitrogens with zero attached hydrogens (tertiary/aromatic N) is 2. The van der Waals surface area contributed by atoms with Gasteiger partial charge in [-0.15, -0.1) is 0 Å². The number of Topliss-reactive ketones (excluding diaryl/α,β-unsaturated/α-hetero) is 2. The summed E-state index contributed by atoms with van der Waals surface area (Å²) in [7, 11) is 0. The number of likely N-dealkylation sites (tertiary alicyclic amines) is 1. The first-order chi connectivity index (χ1) is 12.5. The van der Waals surface area contributed by atoms with Gasteiger partial charge in [-0.3, -0.25) is 19.7 Å². The van der Waals surface area contributed by atoms with Crippen LogP contribution in [0.5, 0.6) is 0 Å². The van der Waals surface area contributed by atoms with Crippen LogP contribution in [0.15, 0.2) is 0 Å². The van der Waals surface area contributed by atoms with Crippen LogP contribution in [-0.4, -0.2) is 52.6 Å². The third-order valence-corrected chi connectivity index (χ3v) is 6.71. The van der Waals surface area contributed by atoms with Gasteiger partial charge in [-0.05, 0) is 51.5 Å². The van der Waals surface area contributed by atoms with E-state index in [0.717, 1.165) is 45.1 Å². The first kappa shape index (κ1) is 19.9. The Morgan fingerprint density at radius 1 is 0.923 bits per heavy atom. The Morgan fingerprint density at radius 2 is 1.62 bits per heavy atom. The lowest BCUT2D eigenvalue weighted by Gasteiger charge is -2.38. The fourth-order valence-electron chi connectivity index (χ4n) is 5.16. The first-order valence-corrected chi connectivity index (χ1v) is 10.5. The summed E-state index contributed by atoms with van der Waals surface area (Å²) in [6.07, 6.45) is 10.4. The van der Waals surface area contributed by atoms with Crippen molar-refractivity contribution in [2.45, 2.75) is 76.7 Å². The van der Waals surface area contributed by atoms with Gasteiger partial charge in [0.1, 0.15) is 11.6 Å². The molecule has 6 nitrogen and oxygen atoms in total. The van der Waals surface area contributed by atoms with Gasteiger partial charge in [0.2, 0.25) is 0 Å². The van der Waals surface area contributed by atoms with Crippen molar-refractivity contribution in [3.63, 3.8) is 0 Å². The Hall–Kier alpha value is -0.820. The molecule has 3 rings (SSSR count). The Morgan fingerprint density at radius 3 is 2.35 bits per heavy atom. The van der Waals surface area contributed by atoms with Gasteiger partial charge >= 0.3 is 0 Å². The summed E-state index contributed by atoms with van der Waals surface area (Å²) in [6.45, 7) is 1.98. The zero-order valence-electron chi connectivity index (χ0n) is 15.8. The smallest absolute Gasteiger partial charge is 0.149 e. The van der Waals surface area contributed by atoms with Crippen molar-refractivity contribution < 1.29 is 14.8 Å². The van der Waals surface area contributed by atoms with Crippen LogP contribution in [0.1, 0.15) is 70.6 Å². The second-order valence-electron chi connectivity index (χ2n) is 8.60. The van der Waals surface area contributed by atoms with Gasteiger partial charge < -0.3 is 10.4 Å². The van der Waals surface area contributed by atoms with Gasteiger partial charge in [0.05, 0.1) is 6.54 Å². The van der Waals surface area contributed by atoms with Crippen LogP contribution in [-0.2, 0) is 9.59 Å². The van der Waals surface area contributed by atoms with Crippen molar-refractivity contribution in [3.05, 3.63) is 5.21 Å². The number of carbonyl (C=O) groups excluding carboxylic acids is 2. The van der Waals surface area contributed by atoms with Crippen molar-refractivity contribution in [3.8, 4) is 0 Å². The highest BCUT2D eigenvalue weighted by molar-refractivity contribution is 5.85. The molecule has 2 aliphatic carbocycles. The fourth-order valence-corrected chi connectivity index (χ4v) is 5.16. The molecule has 0 aromatic heterocycles. The Labute approximate surface area is 156 Å². The second kappa shape index (κ2) is 9.40. The monoisotopic (exact) mass is 365 g/mol. The van der Waals surface area contributed by atoms with E-state index in [-0.39, 0.29) is 28.8 Å².